The maximum atomic E-state index is 14.7. The summed E-state index contributed by atoms with van der Waals surface area (Å²) in [6.45, 7) is 12.1. The topological polar surface area (TPSA) is 89.5 Å². The molecule has 5 rings (SSSR count). The second kappa shape index (κ2) is 14.4. The lowest BCUT2D eigenvalue weighted by Crippen LogP contribution is -2.45. The zero-order valence-electron chi connectivity index (χ0n) is 29.0. The zero-order chi connectivity index (χ0) is 37.5. The van der Waals surface area contributed by atoms with Gasteiger partial charge in [0.1, 0.15) is 5.69 Å². The average molecular weight is 757 g/mol. The molecule has 2 aromatic carbocycles. The Morgan fingerprint density at radius 3 is 2.14 bits per heavy atom. The maximum Gasteiger partial charge on any atom is 0.416 e. The van der Waals surface area contributed by atoms with Crippen molar-refractivity contribution in [1.82, 2.24) is 25.1 Å². The van der Waals surface area contributed by atoms with E-state index in [0.717, 1.165) is 4.68 Å². The zero-order valence-corrected chi connectivity index (χ0v) is 30.8. The predicted octanol–water partition coefficient (Wildman–Crippen LogP) is 8.22. The molecule has 0 saturated carbocycles. The van der Waals surface area contributed by atoms with Gasteiger partial charge in [-0.15, -0.1) is 5.10 Å². The van der Waals surface area contributed by atoms with Crippen LogP contribution in [-0.2, 0) is 29.7 Å². The van der Waals surface area contributed by atoms with Gasteiger partial charge in [0.2, 0.25) is 5.78 Å². The first-order valence-electron chi connectivity index (χ1n) is 16.2. The number of aromatic nitrogens is 4. The largest absolute Gasteiger partial charge is 0.416 e. The van der Waals surface area contributed by atoms with Crippen LogP contribution in [0.2, 0.25) is 23.2 Å². The number of ketones is 1. The maximum absolute atomic E-state index is 14.7. The van der Waals surface area contributed by atoms with Gasteiger partial charge in [-0.1, -0.05) is 60.9 Å². The number of halogens is 7. The number of nitrogens with zero attached hydrogens (tertiary/aromatic N) is 6. The van der Waals surface area contributed by atoms with E-state index in [1.807, 2.05) is 11.9 Å². The highest BCUT2D eigenvalue weighted by Gasteiger charge is 2.39. The molecule has 0 aliphatic carbocycles. The van der Waals surface area contributed by atoms with Crippen molar-refractivity contribution in [1.29, 1.82) is 0 Å². The Kier molecular flexibility index (Phi) is 10.8. The van der Waals surface area contributed by atoms with E-state index in [9.17, 15) is 31.1 Å². The highest BCUT2D eigenvalue weighted by atomic mass is 35.5. The molecule has 0 atom stereocenters. The first-order chi connectivity index (χ1) is 23.7. The number of hydrogen-bond donors (Lipinski definition) is 0. The van der Waals surface area contributed by atoms with Crippen molar-refractivity contribution in [3.8, 4) is 11.3 Å². The summed E-state index contributed by atoms with van der Waals surface area (Å²) >= 11 is 6.54. The summed E-state index contributed by atoms with van der Waals surface area (Å²) in [5.41, 5.74) is -2.76. The van der Waals surface area contributed by atoms with Gasteiger partial charge in [0.05, 0.1) is 28.3 Å². The lowest BCUT2D eigenvalue weighted by Gasteiger charge is -2.36. The number of carbonyl (C=O) groups is 1. The van der Waals surface area contributed by atoms with Crippen molar-refractivity contribution in [2.24, 2.45) is 0 Å². The predicted molar refractivity (Wildman–Crippen MR) is 183 cm³/mol. The molecule has 9 nitrogen and oxygen atoms in total. The van der Waals surface area contributed by atoms with Crippen LogP contribution in [0.4, 0.5) is 32.2 Å². The number of hydrogen-bond acceptors (Lipinski definition) is 8. The van der Waals surface area contributed by atoms with Crippen LogP contribution in [0.15, 0.2) is 47.0 Å². The standard InChI is InChI=1S/C34H39ClF6N6O3Si/c1-32(2,3)51(5,6)49-16-11-26-27(28(43-50-26)24-9-7-8-10-25(24)35)30(48)29-31(46-14-12-45(4)13-15-46)47(44-42-29)20-21-17-22(33(36,37)38)19-23(18-21)34(39,40)41/h7-10,17-19H,11-16,20H2,1-6H3. The van der Waals surface area contributed by atoms with Gasteiger partial charge < -0.3 is 18.7 Å². The summed E-state index contributed by atoms with van der Waals surface area (Å²) in [6, 6.07) is 8.11. The number of anilines is 1. The van der Waals surface area contributed by atoms with Gasteiger partial charge >= 0.3 is 12.4 Å². The molecule has 0 bridgehead atoms. The van der Waals surface area contributed by atoms with E-state index in [1.54, 1.807) is 29.2 Å². The van der Waals surface area contributed by atoms with Crippen LogP contribution >= 0.6 is 11.6 Å². The summed E-state index contributed by atoms with van der Waals surface area (Å²) in [4.78, 5) is 18.5. The second-order valence-corrected chi connectivity index (χ2v) is 19.3. The van der Waals surface area contributed by atoms with Gasteiger partial charge in [-0.25, -0.2) is 4.68 Å². The highest BCUT2D eigenvalue weighted by Crippen LogP contribution is 2.39. The molecule has 51 heavy (non-hydrogen) atoms. The molecular formula is C34H39ClF6N6O3Si. The van der Waals surface area contributed by atoms with Gasteiger partial charge in [0, 0.05) is 44.8 Å². The molecule has 2 aromatic heterocycles. The fourth-order valence-electron chi connectivity index (χ4n) is 5.48. The lowest BCUT2D eigenvalue weighted by atomic mass is 9.99. The van der Waals surface area contributed by atoms with Crippen molar-refractivity contribution >= 4 is 31.5 Å². The molecule has 4 aromatic rings. The van der Waals surface area contributed by atoms with E-state index in [-0.39, 0.29) is 58.2 Å². The Hall–Kier alpha value is -3.73. The monoisotopic (exact) mass is 756 g/mol. The average Bonchev–Trinajstić information content (AvgIpc) is 3.64. The Bertz CT molecular complexity index is 1840. The van der Waals surface area contributed by atoms with Crippen LogP contribution in [0.3, 0.4) is 0 Å². The molecule has 0 N–H and O–H groups in total. The summed E-state index contributed by atoms with van der Waals surface area (Å²) in [6.07, 6.45) is -9.89. The van der Waals surface area contributed by atoms with E-state index in [4.69, 9.17) is 20.6 Å². The van der Waals surface area contributed by atoms with Gasteiger partial charge in [-0.3, -0.25) is 4.79 Å². The fourth-order valence-corrected chi connectivity index (χ4v) is 6.75. The molecule has 0 spiro atoms. The quantitative estimate of drug-likeness (QED) is 0.0909. The van der Waals surface area contributed by atoms with Crippen LogP contribution in [0.1, 0.15) is 59.3 Å². The molecule has 1 aliphatic rings. The molecule has 0 amide bonds. The lowest BCUT2D eigenvalue weighted by molar-refractivity contribution is -0.143. The summed E-state index contributed by atoms with van der Waals surface area (Å²) in [5, 5.41) is 12.8. The Morgan fingerprint density at radius 2 is 1.57 bits per heavy atom. The fraction of sp³-hybridized carbons (Fsp3) is 0.471. The second-order valence-electron chi connectivity index (χ2n) is 14.1. The third-order valence-corrected chi connectivity index (χ3v) is 14.3. The molecule has 0 unspecified atom stereocenters. The number of benzene rings is 2. The van der Waals surface area contributed by atoms with E-state index < -0.39 is 44.1 Å². The SMILES string of the molecule is CN1CCN(c2c(C(=O)c3c(-c4ccccc4Cl)noc3CCO[Si](C)(C)C(C)(C)C)nnn2Cc2cc(C(F)(F)F)cc(C(F)(F)F)c2)CC1. The van der Waals surface area contributed by atoms with Crippen molar-refractivity contribution in [2.75, 3.05) is 44.7 Å². The van der Waals surface area contributed by atoms with Crippen molar-refractivity contribution in [3.05, 3.63) is 81.2 Å². The minimum Gasteiger partial charge on any atom is -0.416 e. The first kappa shape index (κ1) is 38.5. The Labute approximate surface area is 297 Å². The third kappa shape index (κ3) is 8.50. The van der Waals surface area contributed by atoms with Crippen LogP contribution in [0, 0.1) is 0 Å². The number of piperazine rings is 1. The molecule has 1 aliphatic heterocycles. The highest BCUT2D eigenvalue weighted by molar-refractivity contribution is 6.74. The summed E-state index contributed by atoms with van der Waals surface area (Å²) < 4.78 is 95.6. The normalized spacial score (nSPS) is 15.1. The summed E-state index contributed by atoms with van der Waals surface area (Å²) in [5.74, 6) is -0.289. The Morgan fingerprint density at radius 1 is 0.961 bits per heavy atom. The molecule has 1 fully saturated rings. The van der Waals surface area contributed by atoms with E-state index in [1.165, 1.54) is 0 Å². The molecular weight excluding hydrogens is 718 g/mol. The third-order valence-electron chi connectivity index (χ3n) is 9.42. The molecule has 17 heteroatoms. The van der Waals surface area contributed by atoms with Crippen molar-refractivity contribution in [3.63, 3.8) is 0 Å². The van der Waals surface area contributed by atoms with Crippen molar-refractivity contribution < 1.29 is 40.1 Å². The molecule has 0 radical (unpaired) electrons. The van der Waals surface area contributed by atoms with Crippen LogP contribution in [0.25, 0.3) is 11.3 Å². The minimum atomic E-state index is -5.03. The van der Waals surface area contributed by atoms with Crippen molar-refractivity contribution in [2.45, 2.75) is 64.2 Å². The van der Waals surface area contributed by atoms with Gasteiger partial charge in [-0.05, 0) is 55.0 Å². The minimum absolute atomic E-state index is 0.0581. The molecule has 276 valence electrons. The number of alkyl halides is 6. The van der Waals surface area contributed by atoms with Gasteiger partial charge in [0.15, 0.2) is 25.6 Å². The Balaban J connectivity index is 1.61. The van der Waals surface area contributed by atoms with E-state index in [0.29, 0.717) is 48.9 Å². The summed E-state index contributed by atoms with van der Waals surface area (Å²) in [7, 11) is -0.273. The van der Waals surface area contributed by atoms with Crippen LogP contribution < -0.4 is 4.90 Å². The number of rotatable bonds is 10. The van der Waals surface area contributed by atoms with E-state index >= 15 is 0 Å². The smallest absolute Gasteiger partial charge is 0.416 e. The van der Waals surface area contributed by atoms with E-state index in [2.05, 4.69) is 49.3 Å². The number of carbonyl (C=O) groups excluding carboxylic acids is 1. The van der Waals surface area contributed by atoms with Crippen LogP contribution in [-0.4, -0.2) is 79.0 Å². The van der Waals surface area contributed by atoms with Gasteiger partial charge in [0.25, 0.3) is 0 Å². The number of likely N-dealkylation sites (N-methyl/N-ethyl adjacent to an activating group) is 1. The molecule has 1 saturated heterocycles. The first-order valence-corrected chi connectivity index (χ1v) is 19.5. The van der Waals surface area contributed by atoms with Gasteiger partial charge in [-0.2, -0.15) is 26.3 Å². The molecule has 3 heterocycles. The van der Waals surface area contributed by atoms with Crippen LogP contribution in [0.5, 0.6) is 0 Å².